The lowest BCUT2D eigenvalue weighted by Crippen LogP contribution is -2.15. The number of benzene rings is 1. The Morgan fingerprint density at radius 2 is 2.31 bits per heavy atom. The van der Waals surface area contributed by atoms with E-state index in [2.05, 4.69) is 15.9 Å². The summed E-state index contributed by atoms with van der Waals surface area (Å²) in [7, 11) is 1.63. The highest BCUT2D eigenvalue weighted by Gasteiger charge is 2.06. The Morgan fingerprint density at radius 3 is 2.85 bits per heavy atom. The maximum absolute atomic E-state index is 5.91. The zero-order valence-electron chi connectivity index (χ0n) is 7.26. The minimum atomic E-state index is -0.115. The second kappa shape index (κ2) is 4.96. The van der Waals surface area contributed by atoms with Gasteiger partial charge in [-0.3, -0.25) is 0 Å². The van der Waals surface area contributed by atoms with Crippen molar-refractivity contribution in [2.45, 2.75) is 6.04 Å². The molecule has 0 heterocycles. The summed E-state index contributed by atoms with van der Waals surface area (Å²) in [6.45, 7) is 0.498. The van der Waals surface area contributed by atoms with Crippen LogP contribution in [0.25, 0.3) is 0 Å². The van der Waals surface area contributed by atoms with Gasteiger partial charge in [-0.15, -0.1) is 0 Å². The zero-order valence-corrected chi connectivity index (χ0v) is 9.60. The van der Waals surface area contributed by atoms with Crippen molar-refractivity contribution in [1.82, 2.24) is 0 Å². The molecule has 1 rings (SSSR count). The van der Waals surface area contributed by atoms with Crippen LogP contribution in [0.5, 0.6) is 0 Å². The number of rotatable bonds is 3. The van der Waals surface area contributed by atoms with E-state index in [1.807, 2.05) is 18.2 Å². The van der Waals surface area contributed by atoms with E-state index in [9.17, 15) is 0 Å². The van der Waals surface area contributed by atoms with E-state index in [0.717, 1.165) is 10.0 Å². The molecule has 0 aliphatic carbocycles. The molecule has 1 aromatic carbocycles. The fourth-order valence-corrected chi connectivity index (χ4v) is 1.45. The van der Waals surface area contributed by atoms with E-state index in [1.54, 1.807) is 7.11 Å². The highest BCUT2D eigenvalue weighted by atomic mass is 79.9. The molecule has 0 unspecified atom stereocenters. The van der Waals surface area contributed by atoms with Gasteiger partial charge < -0.3 is 10.5 Å². The monoisotopic (exact) mass is 263 g/mol. The summed E-state index contributed by atoms with van der Waals surface area (Å²) in [5.41, 5.74) is 6.81. The first-order chi connectivity index (χ1) is 6.15. The molecule has 2 N–H and O–H groups in total. The second-order valence-electron chi connectivity index (χ2n) is 2.74. The van der Waals surface area contributed by atoms with E-state index in [0.29, 0.717) is 11.6 Å². The Balaban J connectivity index is 2.84. The van der Waals surface area contributed by atoms with E-state index >= 15 is 0 Å². The van der Waals surface area contributed by atoms with Crippen molar-refractivity contribution >= 4 is 27.5 Å². The number of ether oxygens (including phenoxy) is 1. The van der Waals surface area contributed by atoms with Gasteiger partial charge in [0.1, 0.15) is 0 Å². The smallest absolute Gasteiger partial charge is 0.0655 e. The molecule has 0 saturated carbocycles. The molecule has 13 heavy (non-hydrogen) atoms. The zero-order chi connectivity index (χ0) is 9.84. The van der Waals surface area contributed by atoms with Crippen molar-refractivity contribution < 1.29 is 4.74 Å². The third kappa shape index (κ3) is 2.95. The molecule has 72 valence electrons. The maximum Gasteiger partial charge on any atom is 0.0655 e. The molecule has 4 heteroatoms. The molecule has 2 nitrogen and oxygen atoms in total. The second-order valence-corrected chi connectivity index (χ2v) is 4.00. The Morgan fingerprint density at radius 1 is 1.62 bits per heavy atom. The Bertz CT molecular complexity index is 293. The molecular formula is C9H11BrClNO. The van der Waals surface area contributed by atoms with Crippen LogP contribution in [-0.4, -0.2) is 13.7 Å². The summed E-state index contributed by atoms with van der Waals surface area (Å²) in [5, 5.41) is 0.670. The van der Waals surface area contributed by atoms with Crippen molar-refractivity contribution in [2.24, 2.45) is 5.73 Å². The van der Waals surface area contributed by atoms with Crippen molar-refractivity contribution in [1.29, 1.82) is 0 Å². The molecule has 0 aromatic heterocycles. The van der Waals surface area contributed by atoms with E-state index in [1.165, 1.54) is 0 Å². The molecular weight excluding hydrogens is 253 g/mol. The number of hydrogen-bond acceptors (Lipinski definition) is 2. The van der Waals surface area contributed by atoms with Gasteiger partial charge in [0.25, 0.3) is 0 Å². The highest BCUT2D eigenvalue weighted by Crippen LogP contribution is 2.25. The largest absolute Gasteiger partial charge is 0.383 e. The van der Waals surface area contributed by atoms with Crippen LogP contribution < -0.4 is 5.73 Å². The Labute approximate surface area is 91.2 Å². The van der Waals surface area contributed by atoms with Gasteiger partial charge in [-0.05, 0) is 33.6 Å². The lowest BCUT2D eigenvalue weighted by Gasteiger charge is -2.11. The minimum absolute atomic E-state index is 0.115. The maximum atomic E-state index is 5.91. The summed E-state index contributed by atoms with van der Waals surface area (Å²) < 4.78 is 5.83. The van der Waals surface area contributed by atoms with Crippen LogP contribution in [0, 0.1) is 0 Å². The molecule has 0 spiro atoms. The number of halogens is 2. The average Bonchev–Trinajstić information content (AvgIpc) is 2.10. The van der Waals surface area contributed by atoms with E-state index in [-0.39, 0.29) is 6.04 Å². The van der Waals surface area contributed by atoms with Crippen molar-refractivity contribution in [3.8, 4) is 0 Å². The fourth-order valence-electron chi connectivity index (χ4n) is 1.02. The van der Waals surface area contributed by atoms with E-state index < -0.39 is 0 Å². The first-order valence-electron chi connectivity index (χ1n) is 3.84. The van der Waals surface area contributed by atoms with Crippen LogP contribution >= 0.6 is 27.5 Å². The van der Waals surface area contributed by atoms with Crippen LogP contribution in [0.3, 0.4) is 0 Å². The minimum Gasteiger partial charge on any atom is -0.383 e. The molecule has 0 fully saturated rings. The van der Waals surface area contributed by atoms with Gasteiger partial charge >= 0.3 is 0 Å². The average molecular weight is 265 g/mol. The van der Waals surface area contributed by atoms with Crippen LogP contribution in [-0.2, 0) is 4.74 Å². The fraction of sp³-hybridized carbons (Fsp3) is 0.333. The predicted molar refractivity (Wildman–Crippen MR) is 58.0 cm³/mol. The number of nitrogens with two attached hydrogens (primary N) is 1. The van der Waals surface area contributed by atoms with Crippen molar-refractivity contribution in [3.63, 3.8) is 0 Å². The molecule has 0 saturated heterocycles. The molecule has 0 amide bonds. The third-order valence-electron chi connectivity index (χ3n) is 1.72. The predicted octanol–water partition coefficient (Wildman–Crippen LogP) is 2.75. The normalized spacial score (nSPS) is 12.9. The quantitative estimate of drug-likeness (QED) is 0.911. The van der Waals surface area contributed by atoms with Gasteiger partial charge in [0.15, 0.2) is 0 Å². The highest BCUT2D eigenvalue weighted by molar-refractivity contribution is 9.10. The summed E-state index contributed by atoms with van der Waals surface area (Å²) in [6.07, 6.45) is 0. The number of hydrogen-bond donors (Lipinski definition) is 1. The van der Waals surface area contributed by atoms with Gasteiger partial charge in [-0.1, -0.05) is 17.7 Å². The third-order valence-corrected chi connectivity index (χ3v) is 2.95. The Hall–Kier alpha value is -0.0900. The van der Waals surface area contributed by atoms with E-state index in [4.69, 9.17) is 22.1 Å². The number of methoxy groups -OCH3 is 1. The van der Waals surface area contributed by atoms with Gasteiger partial charge in [0.2, 0.25) is 0 Å². The molecule has 1 atom stereocenters. The first kappa shape index (κ1) is 11.0. The lowest BCUT2D eigenvalue weighted by molar-refractivity contribution is 0.181. The van der Waals surface area contributed by atoms with Crippen molar-refractivity contribution in [3.05, 3.63) is 33.3 Å². The molecule has 0 radical (unpaired) electrons. The van der Waals surface area contributed by atoms with Crippen LogP contribution in [0.15, 0.2) is 22.7 Å². The van der Waals surface area contributed by atoms with Gasteiger partial charge in [-0.25, -0.2) is 0 Å². The van der Waals surface area contributed by atoms with Crippen LogP contribution in [0.2, 0.25) is 5.02 Å². The standard InChI is InChI=1S/C9H11BrClNO/c1-13-5-9(12)6-2-3-7(10)8(11)4-6/h2-4,9H,5,12H2,1H3/t9-/m0/s1. The molecule has 0 bridgehead atoms. The molecule has 0 aliphatic heterocycles. The topological polar surface area (TPSA) is 35.2 Å². The first-order valence-corrected chi connectivity index (χ1v) is 5.01. The summed E-state index contributed by atoms with van der Waals surface area (Å²) in [6, 6.07) is 5.54. The van der Waals surface area contributed by atoms with Gasteiger partial charge in [-0.2, -0.15) is 0 Å². The summed E-state index contributed by atoms with van der Waals surface area (Å²) in [5.74, 6) is 0. The SMILES string of the molecule is COC[C@H](N)c1ccc(Br)c(Cl)c1. The lowest BCUT2D eigenvalue weighted by atomic mass is 10.1. The Kier molecular flexibility index (Phi) is 4.19. The van der Waals surface area contributed by atoms with Crippen molar-refractivity contribution in [2.75, 3.05) is 13.7 Å². The molecule has 1 aromatic rings. The van der Waals surface area contributed by atoms with Crippen LogP contribution in [0.1, 0.15) is 11.6 Å². The van der Waals surface area contributed by atoms with Gasteiger partial charge in [0.05, 0.1) is 17.7 Å². The molecule has 0 aliphatic rings. The van der Waals surface area contributed by atoms with Crippen LogP contribution in [0.4, 0.5) is 0 Å². The summed E-state index contributed by atoms with van der Waals surface area (Å²) in [4.78, 5) is 0. The van der Waals surface area contributed by atoms with Gasteiger partial charge in [0, 0.05) is 11.6 Å². The summed E-state index contributed by atoms with van der Waals surface area (Å²) >= 11 is 9.23.